The van der Waals surface area contributed by atoms with Crippen molar-refractivity contribution in [1.82, 2.24) is 9.88 Å². The Morgan fingerprint density at radius 1 is 1.15 bits per heavy atom. The third-order valence-electron chi connectivity index (χ3n) is 5.75. The van der Waals surface area contributed by atoms with Crippen molar-refractivity contribution in [1.29, 1.82) is 0 Å². The summed E-state index contributed by atoms with van der Waals surface area (Å²) in [5.41, 5.74) is 1.64. The number of aromatic nitrogens is 1. The molecule has 0 saturated carbocycles. The zero-order chi connectivity index (χ0) is 23.8. The maximum Gasteiger partial charge on any atom is 0.290 e. The molecule has 8 heteroatoms. The second kappa shape index (κ2) is 8.79. The summed E-state index contributed by atoms with van der Waals surface area (Å²) in [6.45, 7) is 0.109. The van der Waals surface area contributed by atoms with Crippen molar-refractivity contribution < 1.29 is 23.8 Å². The van der Waals surface area contributed by atoms with Crippen LogP contribution in [0.4, 0.5) is 0 Å². The monoisotopic (exact) mass is 518 g/mol. The van der Waals surface area contributed by atoms with E-state index < -0.39 is 23.5 Å². The third-order valence-corrected chi connectivity index (χ3v) is 6.24. The smallest absolute Gasteiger partial charge is 0.290 e. The molecule has 0 aliphatic carbocycles. The Balaban J connectivity index is 1.59. The van der Waals surface area contributed by atoms with Crippen LogP contribution in [0.5, 0.6) is 5.75 Å². The molecule has 1 N–H and O–H groups in total. The average molecular weight is 519 g/mol. The standard InChI is InChI=1S/C26H19BrN2O5/c1-33-19-8-3-2-6-15(19)14-29-23(18-7-4-5-11-28-18)22(25(31)26(29)32)24(30)21-13-16-12-17(27)9-10-20(16)34-21/h2-13,23,31H,14H2,1H3. The summed E-state index contributed by atoms with van der Waals surface area (Å²) in [6.07, 6.45) is 1.58. The van der Waals surface area contributed by atoms with E-state index in [1.165, 1.54) is 4.90 Å². The Morgan fingerprint density at radius 3 is 2.71 bits per heavy atom. The van der Waals surface area contributed by atoms with Crippen LogP contribution in [-0.2, 0) is 11.3 Å². The van der Waals surface area contributed by atoms with E-state index in [0.717, 1.165) is 15.4 Å². The van der Waals surface area contributed by atoms with E-state index in [1.807, 2.05) is 30.3 Å². The molecule has 0 radical (unpaired) electrons. The Bertz CT molecular complexity index is 1440. The Morgan fingerprint density at radius 2 is 1.94 bits per heavy atom. The molecule has 4 aromatic rings. The second-order valence-electron chi connectivity index (χ2n) is 7.79. The van der Waals surface area contributed by atoms with E-state index in [0.29, 0.717) is 17.0 Å². The number of aliphatic hydroxyl groups excluding tert-OH is 1. The first-order valence-electron chi connectivity index (χ1n) is 10.5. The fraction of sp³-hybridized carbons (Fsp3) is 0.115. The number of fused-ring (bicyclic) bond motifs is 1. The topological polar surface area (TPSA) is 92.9 Å². The molecule has 0 spiro atoms. The number of carbonyl (C=O) groups excluding carboxylic acids is 2. The molecular formula is C26H19BrN2O5. The van der Waals surface area contributed by atoms with Gasteiger partial charge in [0.05, 0.1) is 24.9 Å². The number of aliphatic hydroxyl groups is 1. The number of carbonyl (C=O) groups is 2. The highest BCUT2D eigenvalue weighted by molar-refractivity contribution is 9.10. The van der Waals surface area contributed by atoms with Gasteiger partial charge in [-0.3, -0.25) is 14.6 Å². The number of amides is 1. The lowest BCUT2D eigenvalue weighted by molar-refractivity contribution is -0.130. The van der Waals surface area contributed by atoms with Gasteiger partial charge >= 0.3 is 0 Å². The van der Waals surface area contributed by atoms with Crippen LogP contribution in [0.2, 0.25) is 0 Å². The summed E-state index contributed by atoms with van der Waals surface area (Å²) < 4.78 is 12.0. The summed E-state index contributed by atoms with van der Waals surface area (Å²) in [5.74, 6) is -1.22. The van der Waals surface area contributed by atoms with E-state index in [9.17, 15) is 14.7 Å². The van der Waals surface area contributed by atoms with Gasteiger partial charge in [0.1, 0.15) is 17.4 Å². The molecule has 1 aliphatic heterocycles. The van der Waals surface area contributed by atoms with Crippen LogP contribution in [0, 0.1) is 0 Å². The van der Waals surface area contributed by atoms with Crippen molar-refractivity contribution in [2.45, 2.75) is 12.6 Å². The van der Waals surface area contributed by atoms with Crippen molar-refractivity contribution in [2.75, 3.05) is 7.11 Å². The van der Waals surface area contributed by atoms with E-state index in [2.05, 4.69) is 20.9 Å². The van der Waals surface area contributed by atoms with Gasteiger partial charge in [0.2, 0.25) is 5.78 Å². The van der Waals surface area contributed by atoms with E-state index >= 15 is 0 Å². The van der Waals surface area contributed by atoms with E-state index in [4.69, 9.17) is 9.15 Å². The normalized spacial score (nSPS) is 15.9. The Hall–Kier alpha value is -3.91. The molecule has 1 atom stereocenters. The van der Waals surface area contributed by atoms with Crippen LogP contribution in [0.1, 0.15) is 27.9 Å². The van der Waals surface area contributed by atoms with Crippen molar-refractivity contribution >= 4 is 38.6 Å². The van der Waals surface area contributed by atoms with Gasteiger partial charge < -0.3 is 19.2 Å². The number of hydrogen-bond donors (Lipinski definition) is 1. The van der Waals surface area contributed by atoms with Crippen LogP contribution < -0.4 is 4.74 Å². The highest BCUT2D eigenvalue weighted by atomic mass is 79.9. The SMILES string of the molecule is COc1ccccc1CN1C(=O)C(O)=C(C(=O)c2cc3cc(Br)ccc3o2)C1c1ccccn1. The molecule has 0 fully saturated rings. The first-order valence-corrected chi connectivity index (χ1v) is 11.3. The number of ketones is 1. The minimum Gasteiger partial charge on any atom is -0.503 e. The molecular weight excluding hydrogens is 500 g/mol. The molecule has 170 valence electrons. The summed E-state index contributed by atoms with van der Waals surface area (Å²) in [6, 6.07) is 18.6. The Kier molecular flexibility index (Phi) is 5.67. The van der Waals surface area contributed by atoms with Gasteiger partial charge in [0.15, 0.2) is 11.5 Å². The van der Waals surface area contributed by atoms with Gasteiger partial charge in [-0.05, 0) is 42.5 Å². The predicted molar refractivity (Wildman–Crippen MR) is 128 cm³/mol. The van der Waals surface area contributed by atoms with Gasteiger partial charge in [-0.15, -0.1) is 0 Å². The number of pyridine rings is 1. The van der Waals surface area contributed by atoms with Crippen LogP contribution in [0.25, 0.3) is 11.0 Å². The van der Waals surface area contributed by atoms with Crippen LogP contribution >= 0.6 is 15.9 Å². The molecule has 0 saturated heterocycles. The number of rotatable bonds is 6. The fourth-order valence-corrected chi connectivity index (χ4v) is 4.55. The van der Waals surface area contributed by atoms with Gasteiger partial charge in [0, 0.05) is 21.6 Å². The molecule has 1 amide bonds. The predicted octanol–water partition coefficient (Wildman–Crippen LogP) is 5.38. The molecule has 1 unspecified atom stereocenters. The first kappa shape index (κ1) is 21.9. The van der Waals surface area contributed by atoms with Gasteiger partial charge in [-0.1, -0.05) is 40.2 Å². The maximum atomic E-state index is 13.6. The number of furan rings is 1. The van der Waals surface area contributed by atoms with Crippen molar-refractivity contribution in [3.05, 3.63) is 106 Å². The lowest BCUT2D eigenvalue weighted by Gasteiger charge is -2.26. The van der Waals surface area contributed by atoms with Gasteiger partial charge in [0.25, 0.3) is 5.91 Å². The largest absolute Gasteiger partial charge is 0.503 e. The summed E-state index contributed by atoms with van der Waals surface area (Å²) in [7, 11) is 1.55. The first-order chi connectivity index (χ1) is 16.5. The van der Waals surface area contributed by atoms with Crippen LogP contribution in [0.3, 0.4) is 0 Å². The van der Waals surface area contributed by atoms with Crippen molar-refractivity contribution in [2.24, 2.45) is 0 Å². The quantitative estimate of drug-likeness (QED) is 0.344. The molecule has 2 aromatic carbocycles. The third kappa shape index (κ3) is 3.76. The number of Topliss-reactive ketones (excluding diaryl/α,β-unsaturated/α-hetero) is 1. The molecule has 2 aromatic heterocycles. The van der Waals surface area contributed by atoms with Crippen molar-refractivity contribution in [3.63, 3.8) is 0 Å². The molecule has 34 heavy (non-hydrogen) atoms. The lowest BCUT2D eigenvalue weighted by atomic mass is 9.98. The van der Waals surface area contributed by atoms with Gasteiger partial charge in [-0.2, -0.15) is 0 Å². The number of methoxy groups -OCH3 is 1. The second-order valence-corrected chi connectivity index (χ2v) is 8.70. The zero-order valence-corrected chi connectivity index (χ0v) is 19.7. The molecule has 7 nitrogen and oxygen atoms in total. The number of benzene rings is 2. The minimum atomic E-state index is -0.897. The van der Waals surface area contributed by atoms with Crippen LogP contribution in [0.15, 0.2) is 93.1 Å². The Labute approximate surface area is 203 Å². The average Bonchev–Trinajstić information content (AvgIpc) is 3.38. The number of hydrogen-bond acceptors (Lipinski definition) is 6. The summed E-state index contributed by atoms with van der Waals surface area (Å²) in [4.78, 5) is 32.6. The zero-order valence-electron chi connectivity index (χ0n) is 18.1. The fourth-order valence-electron chi connectivity index (χ4n) is 4.17. The van der Waals surface area contributed by atoms with E-state index in [-0.39, 0.29) is 17.9 Å². The minimum absolute atomic E-state index is 0.0301. The van der Waals surface area contributed by atoms with E-state index in [1.54, 1.807) is 49.7 Å². The number of nitrogens with zero attached hydrogens (tertiary/aromatic N) is 2. The summed E-state index contributed by atoms with van der Waals surface area (Å²) >= 11 is 3.41. The summed E-state index contributed by atoms with van der Waals surface area (Å²) in [5, 5.41) is 11.6. The van der Waals surface area contributed by atoms with Gasteiger partial charge in [-0.25, -0.2) is 0 Å². The number of para-hydroxylation sites is 1. The molecule has 0 bridgehead atoms. The number of ether oxygens (including phenoxy) is 1. The highest BCUT2D eigenvalue weighted by Crippen LogP contribution is 2.40. The molecule has 3 heterocycles. The highest BCUT2D eigenvalue weighted by Gasteiger charge is 2.45. The van der Waals surface area contributed by atoms with Crippen molar-refractivity contribution in [3.8, 4) is 5.75 Å². The maximum absolute atomic E-state index is 13.6. The molecule has 1 aliphatic rings. The lowest BCUT2D eigenvalue weighted by Crippen LogP contribution is -2.31. The molecule has 5 rings (SSSR count). The number of halogens is 1. The van der Waals surface area contributed by atoms with Crippen LogP contribution in [-0.4, -0.2) is 33.8 Å².